The van der Waals surface area contributed by atoms with E-state index in [2.05, 4.69) is 12.2 Å². The second kappa shape index (κ2) is 9.96. The quantitative estimate of drug-likeness (QED) is 0.421. The summed E-state index contributed by atoms with van der Waals surface area (Å²) in [5.74, 6) is 0.00436. The number of hydrogen-bond donors (Lipinski definition) is 1. The van der Waals surface area contributed by atoms with Gasteiger partial charge in [-0.1, -0.05) is 50.2 Å². The lowest BCUT2D eigenvalue weighted by atomic mass is 9.99. The molecule has 0 atom stereocenters. The van der Waals surface area contributed by atoms with E-state index in [4.69, 9.17) is 4.74 Å². The molecule has 5 nitrogen and oxygen atoms in total. The second-order valence-corrected chi connectivity index (χ2v) is 8.52. The van der Waals surface area contributed by atoms with Gasteiger partial charge in [0.1, 0.15) is 11.4 Å². The molecule has 0 aliphatic carbocycles. The zero-order valence-corrected chi connectivity index (χ0v) is 20.1. The Morgan fingerprint density at radius 3 is 2.29 bits per heavy atom. The van der Waals surface area contributed by atoms with Crippen LogP contribution in [0, 0.1) is 13.8 Å². The highest BCUT2D eigenvalue weighted by molar-refractivity contribution is 6.46. The topological polar surface area (TPSA) is 58.6 Å². The van der Waals surface area contributed by atoms with Gasteiger partial charge in [0.25, 0.3) is 11.8 Å². The van der Waals surface area contributed by atoms with Crippen molar-refractivity contribution in [3.63, 3.8) is 0 Å². The zero-order valence-electron chi connectivity index (χ0n) is 20.1. The Labute approximate surface area is 201 Å². The Kier molecular flexibility index (Phi) is 6.82. The Bertz CT molecular complexity index is 1260. The Balaban J connectivity index is 1.77. The predicted octanol–water partition coefficient (Wildman–Crippen LogP) is 6.05. The minimum Gasteiger partial charge on any atom is -0.494 e. The predicted molar refractivity (Wildman–Crippen MR) is 137 cm³/mol. The molecule has 4 rings (SSSR count). The number of amides is 2. The minimum atomic E-state index is -0.373. The van der Waals surface area contributed by atoms with Crippen LogP contribution in [-0.2, 0) is 16.0 Å². The summed E-state index contributed by atoms with van der Waals surface area (Å²) in [6.07, 6.45) is 1.79. The highest BCUT2D eigenvalue weighted by Crippen LogP contribution is 2.35. The Hall–Kier alpha value is -3.86. The van der Waals surface area contributed by atoms with Crippen molar-refractivity contribution in [2.24, 2.45) is 0 Å². The number of nitrogens with one attached hydrogen (secondary N) is 1. The molecule has 0 aromatic heterocycles. The van der Waals surface area contributed by atoms with Gasteiger partial charge in [0.15, 0.2) is 0 Å². The summed E-state index contributed by atoms with van der Waals surface area (Å²) in [6, 6.07) is 20.8. The number of imide groups is 1. The minimum absolute atomic E-state index is 0.264. The molecule has 34 heavy (non-hydrogen) atoms. The van der Waals surface area contributed by atoms with Crippen LogP contribution in [0.25, 0.3) is 5.57 Å². The van der Waals surface area contributed by atoms with E-state index in [1.807, 2.05) is 87.5 Å². The molecule has 3 aromatic carbocycles. The van der Waals surface area contributed by atoms with Crippen LogP contribution in [-0.4, -0.2) is 18.4 Å². The van der Waals surface area contributed by atoms with Crippen LogP contribution in [0.15, 0.2) is 72.4 Å². The van der Waals surface area contributed by atoms with Crippen molar-refractivity contribution in [1.82, 2.24) is 0 Å². The highest BCUT2D eigenvalue weighted by atomic mass is 16.5. The van der Waals surface area contributed by atoms with Gasteiger partial charge in [-0.25, -0.2) is 4.90 Å². The van der Waals surface area contributed by atoms with E-state index in [0.29, 0.717) is 29.3 Å². The maximum Gasteiger partial charge on any atom is 0.282 e. The molecule has 0 unspecified atom stereocenters. The molecule has 0 saturated carbocycles. The number of hydrogen-bond acceptors (Lipinski definition) is 4. The van der Waals surface area contributed by atoms with Crippen LogP contribution in [0.1, 0.15) is 42.5 Å². The third-order valence-corrected chi connectivity index (χ3v) is 6.06. The van der Waals surface area contributed by atoms with E-state index in [1.165, 1.54) is 4.90 Å². The number of nitrogens with zero attached hydrogens (tertiary/aromatic N) is 1. The lowest BCUT2D eigenvalue weighted by Crippen LogP contribution is -2.32. The molecular weight excluding hydrogens is 424 g/mol. The van der Waals surface area contributed by atoms with Gasteiger partial charge in [-0.3, -0.25) is 9.59 Å². The van der Waals surface area contributed by atoms with Crippen molar-refractivity contribution >= 4 is 28.8 Å². The van der Waals surface area contributed by atoms with Gasteiger partial charge in [-0.15, -0.1) is 0 Å². The van der Waals surface area contributed by atoms with E-state index in [9.17, 15) is 9.59 Å². The van der Waals surface area contributed by atoms with Crippen molar-refractivity contribution in [3.05, 3.63) is 94.7 Å². The molecule has 3 aromatic rings. The van der Waals surface area contributed by atoms with E-state index < -0.39 is 0 Å². The van der Waals surface area contributed by atoms with Gasteiger partial charge in [0.05, 0.1) is 17.9 Å². The maximum atomic E-state index is 13.7. The lowest BCUT2D eigenvalue weighted by molar-refractivity contribution is -0.120. The van der Waals surface area contributed by atoms with E-state index in [1.54, 1.807) is 0 Å². The van der Waals surface area contributed by atoms with Gasteiger partial charge in [-0.05, 0) is 73.2 Å². The molecule has 0 spiro atoms. The summed E-state index contributed by atoms with van der Waals surface area (Å²) < 4.78 is 5.74. The number of carbonyl (C=O) groups is 2. The van der Waals surface area contributed by atoms with Crippen molar-refractivity contribution in [1.29, 1.82) is 0 Å². The van der Waals surface area contributed by atoms with Gasteiger partial charge in [0, 0.05) is 11.8 Å². The Morgan fingerprint density at radius 2 is 1.62 bits per heavy atom. The molecule has 174 valence electrons. The van der Waals surface area contributed by atoms with Crippen LogP contribution in [0.3, 0.4) is 0 Å². The van der Waals surface area contributed by atoms with Crippen molar-refractivity contribution < 1.29 is 14.3 Å². The van der Waals surface area contributed by atoms with Gasteiger partial charge in [-0.2, -0.15) is 0 Å². The number of aryl methyl sites for hydroxylation is 3. The molecule has 0 saturated heterocycles. The first kappa shape index (κ1) is 23.3. The smallest absolute Gasteiger partial charge is 0.282 e. The van der Waals surface area contributed by atoms with E-state index >= 15 is 0 Å². The number of ether oxygens (including phenoxy) is 1. The molecule has 2 amide bonds. The Morgan fingerprint density at radius 1 is 0.853 bits per heavy atom. The standard InChI is InChI=1S/C29H30N2O3/c1-5-16-34-25-9-7-8-23(18-25)30-27-26(22-13-10-19(3)20(4)17-22)28(32)31(29(27)33)24-14-11-21(6-2)12-15-24/h7-15,17-18,30H,5-6,16H2,1-4H3. The fourth-order valence-electron chi connectivity index (χ4n) is 3.95. The first-order valence-electron chi connectivity index (χ1n) is 11.7. The molecule has 0 radical (unpaired) electrons. The zero-order chi connectivity index (χ0) is 24.2. The van der Waals surface area contributed by atoms with Gasteiger partial charge < -0.3 is 10.1 Å². The molecule has 0 bridgehead atoms. The number of anilines is 2. The maximum absolute atomic E-state index is 13.7. The van der Waals surface area contributed by atoms with E-state index in [-0.39, 0.29) is 17.5 Å². The number of carbonyl (C=O) groups excluding carboxylic acids is 2. The summed E-state index contributed by atoms with van der Waals surface area (Å²) in [5.41, 5.74) is 5.93. The average Bonchev–Trinajstić information content (AvgIpc) is 3.09. The highest BCUT2D eigenvalue weighted by Gasteiger charge is 2.40. The summed E-state index contributed by atoms with van der Waals surface area (Å²) in [7, 11) is 0. The van der Waals surface area contributed by atoms with Crippen LogP contribution in [0.4, 0.5) is 11.4 Å². The van der Waals surface area contributed by atoms with Crippen molar-refractivity contribution in [3.8, 4) is 5.75 Å². The average molecular weight is 455 g/mol. The molecule has 0 fully saturated rings. The van der Waals surface area contributed by atoms with Gasteiger partial charge >= 0.3 is 0 Å². The molecule has 1 heterocycles. The normalized spacial score (nSPS) is 13.6. The summed E-state index contributed by atoms with van der Waals surface area (Å²) in [5, 5.41) is 3.23. The van der Waals surface area contributed by atoms with Crippen LogP contribution in [0.5, 0.6) is 5.75 Å². The fourth-order valence-corrected chi connectivity index (χ4v) is 3.95. The van der Waals surface area contributed by atoms with Crippen LogP contribution >= 0.6 is 0 Å². The third kappa shape index (κ3) is 4.60. The monoisotopic (exact) mass is 454 g/mol. The van der Waals surface area contributed by atoms with Crippen molar-refractivity contribution in [2.45, 2.75) is 40.5 Å². The summed E-state index contributed by atoms with van der Waals surface area (Å²) in [4.78, 5) is 28.5. The molecule has 1 aliphatic heterocycles. The molecule has 1 aliphatic rings. The fraction of sp³-hybridized carbons (Fsp3) is 0.241. The second-order valence-electron chi connectivity index (χ2n) is 8.52. The first-order chi connectivity index (χ1) is 16.4. The number of rotatable bonds is 8. The molecule has 1 N–H and O–H groups in total. The lowest BCUT2D eigenvalue weighted by Gasteiger charge is -2.16. The number of benzene rings is 3. The molecular formula is C29H30N2O3. The summed E-state index contributed by atoms with van der Waals surface area (Å²) >= 11 is 0. The van der Waals surface area contributed by atoms with E-state index in [0.717, 1.165) is 35.1 Å². The largest absolute Gasteiger partial charge is 0.494 e. The first-order valence-corrected chi connectivity index (χ1v) is 11.7. The summed E-state index contributed by atoms with van der Waals surface area (Å²) in [6.45, 7) is 8.76. The van der Waals surface area contributed by atoms with Crippen LogP contribution < -0.4 is 15.0 Å². The SMILES string of the molecule is CCCOc1cccc(NC2=C(c3ccc(C)c(C)c3)C(=O)N(c3ccc(CC)cc3)C2=O)c1. The van der Waals surface area contributed by atoms with Crippen molar-refractivity contribution in [2.75, 3.05) is 16.8 Å². The van der Waals surface area contributed by atoms with Gasteiger partial charge in [0.2, 0.25) is 0 Å². The molecule has 5 heteroatoms. The van der Waals surface area contributed by atoms with Crippen LogP contribution in [0.2, 0.25) is 0 Å². The third-order valence-electron chi connectivity index (χ3n) is 6.06.